The Hall–Kier alpha value is -3.26. The molecule has 2 unspecified atom stereocenters. The number of ether oxygens (including phenoxy) is 1. The van der Waals surface area contributed by atoms with Gasteiger partial charge in [-0.25, -0.2) is 4.68 Å². The Labute approximate surface area is 185 Å². The summed E-state index contributed by atoms with van der Waals surface area (Å²) in [6.45, 7) is 5.73. The molecule has 3 N–H and O–H groups in total. The van der Waals surface area contributed by atoms with E-state index in [4.69, 9.17) is 15.6 Å². The van der Waals surface area contributed by atoms with Gasteiger partial charge in [0.15, 0.2) is 6.61 Å². The average molecular weight is 437 g/mol. The number of carbonyl (C=O) groups is 2. The zero-order valence-electron chi connectivity index (χ0n) is 17.6. The number of nitrogens with one attached hydrogen (secondary N) is 1. The van der Waals surface area contributed by atoms with Crippen molar-refractivity contribution in [2.24, 2.45) is 5.73 Å². The summed E-state index contributed by atoms with van der Waals surface area (Å²) in [5, 5.41) is 7.54. The third kappa shape index (κ3) is 4.16. The van der Waals surface area contributed by atoms with E-state index < -0.39 is 5.91 Å². The number of aromatic nitrogens is 2. The zero-order chi connectivity index (χ0) is 22.1. The number of aryl methyl sites for hydroxylation is 2. The van der Waals surface area contributed by atoms with E-state index >= 15 is 0 Å². The van der Waals surface area contributed by atoms with Gasteiger partial charge in [0.25, 0.3) is 5.91 Å². The number of benzene rings is 2. The lowest BCUT2D eigenvalue weighted by molar-refractivity contribution is -0.120. The van der Waals surface area contributed by atoms with Crippen molar-refractivity contribution < 1.29 is 14.3 Å². The number of fused-ring (bicyclic) bond motifs is 1. The van der Waals surface area contributed by atoms with Gasteiger partial charge in [0.1, 0.15) is 11.6 Å². The van der Waals surface area contributed by atoms with Crippen LogP contribution in [0.1, 0.15) is 34.6 Å². The Morgan fingerprint density at radius 3 is 2.58 bits per heavy atom. The van der Waals surface area contributed by atoms with Crippen LogP contribution < -0.4 is 15.8 Å². The number of nitrogens with zero attached hydrogens (tertiary/aromatic N) is 2. The van der Waals surface area contributed by atoms with Gasteiger partial charge in [0, 0.05) is 5.56 Å². The second-order valence-electron chi connectivity index (χ2n) is 7.52. The van der Waals surface area contributed by atoms with Gasteiger partial charge >= 0.3 is 0 Å². The average Bonchev–Trinajstić information content (AvgIpc) is 2.99. The number of amides is 2. The Bertz CT molecular complexity index is 1140. The van der Waals surface area contributed by atoms with Crippen LogP contribution in [-0.4, -0.2) is 33.5 Å². The topological polar surface area (TPSA) is 99.2 Å². The molecule has 0 radical (unpaired) electrons. The molecule has 1 aromatic heterocycles. The first-order chi connectivity index (χ1) is 14.8. The van der Waals surface area contributed by atoms with E-state index in [1.165, 1.54) is 0 Å². The maximum absolute atomic E-state index is 12.8. The van der Waals surface area contributed by atoms with Crippen LogP contribution in [0, 0.1) is 13.8 Å². The minimum absolute atomic E-state index is 0.0510. The van der Waals surface area contributed by atoms with Gasteiger partial charge in [-0.2, -0.15) is 5.10 Å². The summed E-state index contributed by atoms with van der Waals surface area (Å²) >= 11 is 1.58. The molecule has 7 nitrogen and oxygen atoms in total. The van der Waals surface area contributed by atoms with Gasteiger partial charge in [-0.3, -0.25) is 9.59 Å². The molecule has 0 saturated heterocycles. The molecule has 2 atom stereocenters. The first-order valence-electron chi connectivity index (χ1n) is 9.98. The summed E-state index contributed by atoms with van der Waals surface area (Å²) in [6, 6.07) is 15.5. The number of hydrogen-bond donors (Lipinski definition) is 2. The first kappa shape index (κ1) is 21.0. The van der Waals surface area contributed by atoms with Gasteiger partial charge < -0.3 is 15.8 Å². The van der Waals surface area contributed by atoms with Crippen LogP contribution >= 0.6 is 11.8 Å². The van der Waals surface area contributed by atoms with Crippen molar-refractivity contribution in [2.75, 3.05) is 11.9 Å². The molecule has 0 aliphatic carbocycles. The lowest BCUT2D eigenvalue weighted by atomic mass is 10.0. The number of thioether (sulfide) groups is 1. The number of hydrogen-bond acceptors (Lipinski definition) is 5. The summed E-state index contributed by atoms with van der Waals surface area (Å²) < 4.78 is 7.20. The van der Waals surface area contributed by atoms with E-state index in [0.717, 1.165) is 28.1 Å². The van der Waals surface area contributed by atoms with Gasteiger partial charge in [0.2, 0.25) is 5.91 Å². The van der Waals surface area contributed by atoms with Gasteiger partial charge in [0.05, 0.1) is 21.9 Å². The predicted octanol–water partition coefficient (Wildman–Crippen LogP) is 3.52. The Morgan fingerprint density at radius 2 is 1.90 bits per heavy atom. The number of carbonyl (C=O) groups excluding carboxylic acids is 2. The molecule has 0 spiro atoms. The maximum atomic E-state index is 12.8. The maximum Gasteiger partial charge on any atom is 0.255 e. The van der Waals surface area contributed by atoms with E-state index in [0.29, 0.717) is 11.6 Å². The fraction of sp³-hybridized carbons (Fsp3) is 0.261. The minimum Gasteiger partial charge on any atom is -0.484 e. The van der Waals surface area contributed by atoms with Crippen LogP contribution in [-0.2, 0) is 9.59 Å². The fourth-order valence-corrected chi connectivity index (χ4v) is 4.96. The Morgan fingerprint density at radius 1 is 1.19 bits per heavy atom. The van der Waals surface area contributed by atoms with Crippen molar-refractivity contribution in [2.45, 2.75) is 31.3 Å². The molecule has 0 saturated carbocycles. The molecule has 31 heavy (non-hydrogen) atoms. The molecule has 1 aliphatic heterocycles. The summed E-state index contributed by atoms with van der Waals surface area (Å²) in [5.41, 5.74) is 10.0. The van der Waals surface area contributed by atoms with Crippen LogP contribution in [0.5, 0.6) is 5.75 Å². The molecular formula is C23H24N4O3S. The highest BCUT2D eigenvalue weighted by Crippen LogP contribution is 2.46. The second kappa shape index (κ2) is 8.47. The standard InChI is InChI=1S/C23H24N4O3S/c1-13-6-4-5-7-18(13)27-22-20(14(2)26-27)21(31-15(3)23(29)25-22)16-8-10-17(11-9-16)30-12-19(24)28/h4-11,15,21H,12H2,1-3H3,(H2,24,28)(H,25,29). The molecule has 2 heterocycles. The second-order valence-corrected chi connectivity index (χ2v) is 8.97. The highest BCUT2D eigenvalue weighted by atomic mass is 32.2. The van der Waals surface area contributed by atoms with E-state index in [2.05, 4.69) is 5.32 Å². The number of para-hydroxylation sites is 1. The number of nitrogens with two attached hydrogens (primary N) is 1. The molecule has 160 valence electrons. The minimum atomic E-state index is -0.523. The summed E-state index contributed by atoms with van der Waals surface area (Å²) in [5.74, 6) is 0.694. The molecule has 1 aliphatic rings. The molecular weight excluding hydrogens is 412 g/mol. The van der Waals surface area contributed by atoms with Gasteiger partial charge in [-0.15, -0.1) is 11.8 Å². The zero-order valence-corrected chi connectivity index (χ0v) is 18.4. The SMILES string of the molecule is Cc1ccccc1-n1nc(C)c2c1NC(=O)C(C)SC2c1ccc(OCC(N)=O)cc1. The lowest BCUT2D eigenvalue weighted by Gasteiger charge is -2.18. The van der Waals surface area contributed by atoms with Crippen LogP contribution in [0.3, 0.4) is 0 Å². The molecule has 2 aromatic carbocycles. The van der Waals surface area contributed by atoms with Gasteiger partial charge in [-0.1, -0.05) is 30.3 Å². The van der Waals surface area contributed by atoms with E-state index in [1.807, 2.05) is 74.0 Å². The molecule has 0 fully saturated rings. The number of primary amides is 1. The third-order valence-electron chi connectivity index (χ3n) is 5.23. The number of anilines is 1. The molecule has 3 aromatic rings. The van der Waals surface area contributed by atoms with Crippen molar-refractivity contribution in [1.82, 2.24) is 9.78 Å². The van der Waals surface area contributed by atoms with E-state index in [-0.39, 0.29) is 23.0 Å². The molecule has 2 amide bonds. The van der Waals surface area contributed by atoms with Crippen LogP contribution in [0.4, 0.5) is 5.82 Å². The largest absolute Gasteiger partial charge is 0.484 e. The highest BCUT2D eigenvalue weighted by molar-refractivity contribution is 8.01. The Balaban J connectivity index is 1.78. The van der Waals surface area contributed by atoms with Crippen molar-refractivity contribution in [1.29, 1.82) is 0 Å². The summed E-state index contributed by atoms with van der Waals surface area (Å²) in [4.78, 5) is 23.8. The van der Waals surface area contributed by atoms with Crippen LogP contribution in [0.15, 0.2) is 48.5 Å². The Kier molecular flexibility index (Phi) is 5.73. The third-order valence-corrected chi connectivity index (χ3v) is 6.63. The summed E-state index contributed by atoms with van der Waals surface area (Å²) in [6.07, 6.45) is 0. The highest BCUT2D eigenvalue weighted by Gasteiger charge is 2.34. The summed E-state index contributed by atoms with van der Waals surface area (Å²) in [7, 11) is 0. The predicted molar refractivity (Wildman–Crippen MR) is 122 cm³/mol. The van der Waals surface area contributed by atoms with E-state index in [1.54, 1.807) is 11.8 Å². The lowest BCUT2D eigenvalue weighted by Crippen LogP contribution is -2.22. The van der Waals surface area contributed by atoms with Crippen molar-refractivity contribution in [3.8, 4) is 11.4 Å². The number of rotatable bonds is 5. The monoisotopic (exact) mass is 436 g/mol. The van der Waals surface area contributed by atoms with Crippen LogP contribution in [0.2, 0.25) is 0 Å². The van der Waals surface area contributed by atoms with Crippen molar-refractivity contribution in [3.05, 3.63) is 70.9 Å². The fourth-order valence-electron chi connectivity index (χ4n) is 3.64. The molecule has 4 rings (SSSR count). The van der Waals surface area contributed by atoms with Gasteiger partial charge in [-0.05, 0) is 50.1 Å². The van der Waals surface area contributed by atoms with E-state index in [9.17, 15) is 9.59 Å². The quantitative estimate of drug-likeness (QED) is 0.638. The van der Waals surface area contributed by atoms with Crippen LogP contribution in [0.25, 0.3) is 5.69 Å². The van der Waals surface area contributed by atoms with Crippen molar-refractivity contribution in [3.63, 3.8) is 0 Å². The van der Waals surface area contributed by atoms with Crippen molar-refractivity contribution >= 4 is 29.4 Å². The molecule has 8 heteroatoms. The normalized spacial score (nSPS) is 18.1. The first-order valence-corrected chi connectivity index (χ1v) is 10.9. The molecule has 0 bridgehead atoms. The smallest absolute Gasteiger partial charge is 0.255 e.